The van der Waals surface area contributed by atoms with Gasteiger partial charge in [0.2, 0.25) is 0 Å². The van der Waals surface area contributed by atoms with Gasteiger partial charge in [-0.25, -0.2) is 16.7 Å². The van der Waals surface area contributed by atoms with E-state index in [-0.39, 0.29) is 83.8 Å². The zero-order chi connectivity index (χ0) is 93.6. The van der Waals surface area contributed by atoms with Gasteiger partial charge in [0.15, 0.2) is 50.3 Å². The van der Waals surface area contributed by atoms with Crippen LogP contribution < -0.4 is 0 Å². The Morgan fingerprint density at radius 2 is 0.611 bits per heavy atom. The monoisotopic (exact) mass is 1930 g/mol. The summed E-state index contributed by atoms with van der Waals surface area (Å²) < 4.78 is 293. The summed E-state index contributed by atoms with van der Waals surface area (Å²) >= 11 is 0. The second-order valence-corrected chi connectivity index (χ2v) is 36.9. The van der Waals surface area contributed by atoms with Crippen LogP contribution in [-0.2, 0) is 184 Å². The van der Waals surface area contributed by atoms with Crippen LogP contribution in [0.1, 0.15) is 82.6 Å². The van der Waals surface area contributed by atoms with Crippen molar-refractivity contribution in [2.75, 3.05) is 66.6 Å². The minimum Gasteiger partial charge on any atom is -0.371 e. The second kappa shape index (κ2) is 48.8. The summed E-state index contributed by atoms with van der Waals surface area (Å²) in [5.41, 5.74) is 33.8. The van der Waals surface area contributed by atoms with Gasteiger partial charge in [-0.1, -0.05) is 177 Å². The van der Waals surface area contributed by atoms with Crippen molar-refractivity contribution in [3.63, 3.8) is 0 Å². The molecule has 0 aromatic heterocycles. The second-order valence-electron chi connectivity index (χ2n) is 32.6. The van der Waals surface area contributed by atoms with Gasteiger partial charge >= 0.3 is 41.6 Å². The first-order valence-electron chi connectivity index (χ1n) is 42.4. The molecular weight excluding hydrogens is 1820 g/mol. The molecule has 131 heavy (non-hydrogen) atoms. The summed E-state index contributed by atoms with van der Waals surface area (Å²) in [5, 5.41) is 12.3. The number of rotatable bonds is 45. The normalized spacial score (nSPS) is 35.7. The molecule has 4 aromatic carbocycles. The Hall–Kier alpha value is -6.81. The maximum atomic E-state index is 12.6. The fourth-order valence-corrected chi connectivity index (χ4v) is 18.1. The first kappa shape index (κ1) is 103. The number of ether oxygens (including phenoxy) is 21. The lowest BCUT2D eigenvalue weighted by Gasteiger charge is -2.49. The SMILES string of the molecule is C=CCO[C@@H]1CO[C@@H](O[C@@H]2C(COS(=O)(=O)O)O[C@@H](O[C@H]3CO[C@@H](O[C@@H]4C(COS(=O)(=O)O)O[C@@H](OC5CO[C@@H](O[C@@H]6C(COS(=O)(=O)O)O[C@@H](O[C@H]7CO[C@@H](O[C@@H]8C(COS(=O)(=O)O)O[C@@H](OC)C(C)[C@H]8C)C[C@@H]7OCc7ccccc7)C(N=[N+]=[N-])[C@H]6C)C[C@@H]5OCc5ccccc5)C(N=[N+]=[N-])[C@H]4C)C[C@@H]3OCc3ccccc3)C(N=[N+]=[N-])[C@H]2C)C[C@@H]1OCc1ccccc1. The standard InChI is InChI=1S/C81H111N9O37S4/c1-8-29-104-59-38-109-67(30-55(59)105-34-51-21-13-9-14-22-51)125-75-48(4)71(85-88-82)79(121-64(75)43-114-129(94,95)96)118-61-40-111-69(32-57(61)107-36-53-25-17-11-18-26-53)127-77-50(6)73(87-90-84)81(123-66(77)45-116-131(100,101)102)119-62-41-112-70(33-58(62)108-37-54-27-19-12-20-28-54)126-76-49(5)72(86-89-83)80(122-65(76)44-115-130(97,98)99)117-60-39-110-68(31-56(60)106-35-52-23-15-10-16-24-52)124-74-46(2)47(3)78(103-7)120-63(74)42-113-128(91,92)93/h8-28,46-50,55-81H,1,29-45H2,2-7H3,(H,91,92,93)(H,94,95,96)(H,97,98,99)(H,100,101,102)/t46-,47?,48-,49-,50-,55+,56+,57+,58+,59-,60+,61+,62?,63?,64?,65?,66?,67+,68+,69+,70+,71?,72?,73?,74+,75+,76+,77+,78-,79-,80-,81-/m1/s1. The Morgan fingerprint density at radius 3 is 0.863 bits per heavy atom. The highest BCUT2D eigenvalue weighted by Crippen LogP contribution is 2.43. The molecule has 50 heteroatoms. The zero-order valence-corrected chi connectivity index (χ0v) is 75.5. The Morgan fingerprint density at radius 1 is 0.359 bits per heavy atom. The van der Waals surface area contributed by atoms with E-state index in [9.17, 15) is 68.5 Å². The quantitative estimate of drug-likeness (QED) is 0.0106. The smallest absolute Gasteiger partial charge is 0.371 e. The van der Waals surface area contributed by atoms with Gasteiger partial charge in [0, 0.05) is 53.4 Å². The van der Waals surface area contributed by atoms with Crippen LogP contribution >= 0.6 is 0 Å². The van der Waals surface area contributed by atoms with Crippen LogP contribution in [-0.4, -0.2) is 285 Å². The van der Waals surface area contributed by atoms with E-state index >= 15 is 0 Å². The Balaban J connectivity index is 0.753. The fraction of sp³-hybridized carbons (Fsp3) is 0.679. The summed E-state index contributed by atoms with van der Waals surface area (Å²) in [4.78, 5) is 9.40. The molecule has 8 aliphatic rings. The molecule has 4 N–H and O–H groups in total. The molecule has 46 nitrogen and oxygen atoms in total. The summed E-state index contributed by atoms with van der Waals surface area (Å²) in [6.07, 6.45) is -27.2. The maximum absolute atomic E-state index is 12.6. The third kappa shape index (κ3) is 30.3. The predicted molar refractivity (Wildman–Crippen MR) is 448 cm³/mol. The van der Waals surface area contributed by atoms with Crippen LogP contribution in [0.15, 0.2) is 149 Å². The lowest BCUT2D eigenvalue weighted by molar-refractivity contribution is -0.347. The Labute approximate surface area is 757 Å². The van der Waals surface area contributed by atoms with E-state index in [0.29, 0.717) is 11.1 Å². The number of benzene rings is 4. The minimum absolute atomic E-state index is 0.00923. The average molecular weight is 1930 g/mol. The molecule has 32 atom stereocenters. The summed E-state index contributed by atoms with van der Waals surface area (Å²) in [6, 6.07) is 32.4. The number of methoxy groups -OCH3 is 1. The molecule has 0 bridgehead atoms. The fourth-order valence-electron chi connectivity index (χ4n) is 16.9. The lowest BCUT2D eigenvalue weighted by atomic mass is 9.84. The van der Waals surface area contributed by atoms with Gasteiger partial charge in [-0.3, -0.25) is 18.2 Å². The number of hydrogen-bond acceptors (Lipinski definition) is 36. The van der Waals surface area contributed by atoms with Crippen LogP contribution in [0.3, 0.4) is 0 Å². The van der Waals surface area contributed by atoms with E-state index in [0.717, 1.165) is 11.1 Å². The minimum atomic E-state index is -5.24. The molecule has 8 saturated heterocycles. The third-order valence-corrected chi connectivity index (χ3v) is 25.5. The summed E-state index contributed by atoms with van der Waals surface area (Å²) in [6.45, 7) is 8.06. The number of azide groups is 3. The van der Waals surface area contributed by atoms with Crippen molar-refractivity contribution in [2.24, 2.45) is 44.9 Å². The average Bonchev–Trinajstić information content (AvgIpc) is 0.787. The molecule has 8 fully saturated rings. The molecule has 4 aromatic rings. The molecule has 0 spiro atoms. The molecule has 726 valence electrons. The van der Waals surface area contributed by atoms with Crippen molar-refractivity contribution in [1.82, 2.24) is 0 Å². The van der Waals surface area contributed by atoms with Gasteiger partial charge in [-0.2, -0.15) is 33.7 Å². The molecule has 0 amide bonds. The lowest BCUT2D eigenvalue weighted by Crippen LogP contribution is -2.61. The Kier molecular flexibility index (Phi) is 38.4. The highest BCUT2D eigenvalue weighted by molar-refractivity contribution is 7.81. The molecule has 8 heterocycles. The van der Waals surface area contributed by atoms with Crippen molar-refractivity contribution in [3.05, 3.63) is 188 Å². The summed E-state index contributed by atoms with van der Waals surface area (Å²) in [7, 11) is -19.1. The van der Waals surface area contributed by atoms with E-state index in [1.165, 1.54) is 7.11 Å². The Bertz CT molecular complexity index is 4870. The molecule has 12 rings (SSSR count). The van der Waals surface area contributed by atoms with Crippen LogP contribution in [0.25, 0.3) is 31.3 Å². The third-order valence-electron chi connectivity index (χ3n) is 23.8. The van der Waals surface area contributed by atoms with E-state index < -0.39 is 265 Å². The predicted octanol–water partition coefficient (Wildman–Crippen LogP) is 8.62. The number of hydrogen-bond donors (Lipinski definition) is 4. The van der Waals surface area contributed by atoms with Crippen molar-refractivity contribution in [1.29, 1.82) is 0 Å². The molecule has 8 aliphatic heterocycles. The van der Waals surface area contributed by atoms with E-state index in [1.54, 1.807) is 87.5 Å². The maximum Gasteiger partial charge on any atom is 0.397 e. The molecule has 0 radical (unpaired) electrons. The van der Waals surface area contributed by atoms with Gasteiger partial charge in [-0.15, -0.1) is 6.58 Å². The largest absolute Gasteiger partial charge is 0.397 e. The summed E-state index contributed by atoms with van der Waals surface area (Å²) in [5.74, 6) is -3.65. The molecular formula is C81H111N9O37S4. The topological polar surface area (TPSA) is 595 Å². The van der Waals surface area contributed by atoms with Gasteiger partial charge < -0.3 is 99.5 Å². The van der Waals surface area contributed by atoms with Crippen molar-refractivity contribution in [3.8, 4) is 0 Å². The van der Waals surface area contributed by atoms with Crippen molar-refractivity contribution < 1.29 is 168 Å². The first-order chi connectivity index (χ1) is 62.7. The van der Waals surface area contributed by atoms with E-state index in [2.05, 4.69) is 36.7 Å². The van der Waals surface area contributed by atoms with Crippen LogP contribution in [0.2, 0.25) is 0 Å². The van der Waals surface area contributed by atoms with Gasteiger partial charge in [-0.05, 0) is 62.5 Å². The van der Waals surface area contributed by atoms with Gasteiger partial charge in [0.05, 0.1) is 153 Å². The van der Waals surface area contributed by atoms with Gasteiger partial charge in [0.1, 0.15) is 48.8 Å². The van der Waals surface area contributed by atoms with Crippen molar-refractivity contribution >= 4 is 41.6 Å². The molecule has 0 saturated carbocycles. The van der Waals surface area contributed by atoms with Crippen molar-refractivity contribution in [2.45, 2.75) is 253 Å². The molecule has 0 aliphatic carbocycles. The van der Waals surface area contributed by atoms with E-state index in [1.807, 2.05) is 74.5 Å². The highest BCUT2D eigenvalue weighted by atomic mass is 32.3. The van der Waals surface area contributed by atoms with E-state index in [4.69, 9.17) is 116 Å². The van der Waals surface area contributed by atoms with Crippen LogP contribution in [0.5, 0.6) is 0 Å². The first-order valence-corrected chi connectivity index (χ1v) is 47.8. The van der Waals surface area contributed by atoms with Crippen LogP contribution in [0.4, 0.5) is 0 Å². The molecule has 9 unspecified atom stereocenters. The number of nitrogens with zero attached hydrogens (tertiary/aromatic N) is 9. The zero-order valence-electron chi connectivity index (χ0n) is 72.2. The van der Waals surface area contributed by atoms with Gasteiger partial charge in [0.25, 0.3) is 0 Å². The van der Waals surface area contributed by atoms with Crippen LogP contribution in [0, 0.1) is 29.6 Å². The highest BCUT2D eigenvalue weighted by Gasteiger charge is 2.55.